The van der Waals surface area contributed by atoms with Crippen LogP contribution in [-0.2, 0) is 7.05 Å². The standard InChI is InChI=1S/C13H16BrN3O2/c1-6-10(8-5-9(15)17(3)16-8)12(18)13(19-4)7(2)11(6)14/h5,18H,15H2,1-4H3. The first kappa shape index (κ1) is 13.7. The Morgan fingerprint density at radius 3 is 2.47 bits per heavy atom. The summed E-state index contributed by atoms with van der Waals surface area (Å²) in [6.45, 7) is 3.79. The number of anilines is 1. The predicted octanol–water partition coefficient (Wildman–Crippen LogP) is 2.76. The van der Waals surface area contributed by atoms with Gasteiger partial charge in [-0.3, -0.25) is 4.68 Å². The summed E-state index contributed by atoms with van der Waals surface area (Å²) >= 11 is 3.52. The number of hydrogen-bond donors (Lipinski definition) is 2. The van der Waals surface area contributed by atoms with E-state index in [9.17, 15) is 5.11 Å². The minimum Gasteiger partial charge on any atom is -0.504 e. The van der Waals surface area contributed by atoms with Crippen molar-refractivity contribution in [3.63, 3.8) is 0 Å². The molecule has 0 radical (unpaired) electrons. The molecule has 0 saturated carbocycles. The molecule has 0 bridgehead atoms. The number of halogens is 1. The Bertz CT molecular complexity index is 631. The third kappa shape index (κ3) is 2.06. The van der Waals surface area contributed by atoms with Crippen LogP contribution in [0.3, 0.4) is 0 Å². The number of phenols is 1. The number of ether oxygens (including phenoxy) is 1. The quantitative estimate of drug-likeness (QED) is 0.890. The molecule has 0 unspecified atom stereocenters. The fraction of sp³-hybridized carbons (Fsp3) is 0.308. The number of methoxy groups -OCH3 is 1. The molecule has 1 aromatic carbocycles. The molecule has 2 rings (SSSR count). The lowest BCUT2D eigenvalue weighted by Crippen LogP contribution is -1.98. The van der Waals surface area contributed by atoms with Crippen molar-refractivity contribution < 1.29 is 9.84 Å². The number of benzene rings is 1. The molecule has 0 amide bonds. The molecule has 3 N–H and O–H groups in total. The molecule has 6 heteroatoms. The molecule has 0 aliphatic carbocycles. The van der Waals surface area contributed by atoms with E-state index in [1.54, 1.807) is 17.8 Å². The van der Waals surface area contributed by atoms with E-state index in [4.69, 9.17) is 10.5 Å². The highest BCUT2D eigenvalue weighted by molar-refractivity contribution is 9.10. The molecular weight excluding hydrogens is 310 g/mol. The highest BCUT2D eigenvalue weighted by atomic mass is 79.9. The van der Waals surface area contributed by atoms with E-state index >= 15 is 0 Å². The second kappa shape index (κ2) is 4.77. The zero-order valence-corrected chi connectivity index (χ0v) is 12.9. The van der Waals surface area contributed by atoms with Crippen molar-refractivity contribution >= 4 is 21.7 Å². The van der Waals surface area contributed by atoms with Gasteiger partial charge in [-0.05, 0) is 19.4 Å². The number of aromatic nitrogens is 2. The van der Waals surface area contributed by atoms with Crippen molar-refractivity contribution in [2.75, 3.05) is 12.8 Å². The van der Waals surface area contributed by atoms with E-state index in [1.807, 2.05) is 13.8 Å². The summed E-state index contributed by atoms with van der Waals surface area (Å²) in [5.74, 6) is 1.06. The van der Waals surface area contributed by atoms with Gasteiger partial charge in [0, 0.05) is 23.2 Å². The largest absolute Gasteiger partial charge is 0.504 e. The predicted molar refractivity (Wildman–Crippen MR) is 78.4 cm³/mol. The van der Waals surface area contributed by atoms with Gasteiger partial charge in [0.25, 0.3) is 0 Å². The van der Waals surface area contributed by atoms with Gasteiger partial charge in [0.15, 0.2) is 11.5 Å². The SMILES string of the molecule is COc1c(C)c(Br)c(C)c(-c2cc(N)n(C)n2)c1O. The number of nitrogens with zero attached hydrogens (tertiary/aromatic N) is 2. The minimum atomic E-state index is 0.0822. The molecule has 0 aliphatic rings. The average Bonchev–Trinajstić information content (AvgIpc) is 2.67. The lowest BCUT2D eigenvalue weighted by molar-refractivity contribution is 0.371. The maximum Gasteiger partial charge on any atom is 0.167 e. The lowest BCUT2D eigenvalue weighted by Gasteiger charge is -2.15. The molecule has 19 heavy (non-hydrogen) atoms. The van der Waals surface area contributed by atoms with Crippen molar-refractivity contribution in [3.05, 3.63) is 21.7 Å². The molecule has 5 nitrogen and oxygen atoms in total. The summed E-state index contributed by atoms with van der Waals surface area (Å²) in [5, 5.41) is 14.7. The highest BCUT2D eigenvalue weighted by Gasteiger charge is 2.21. The third-order valence-corrected chi connectivity index (χ3v) is 4.39. The van der Waals surface area contributed by atoms with Gasteiger partial charge >= 0.3 is 0 Å². The van der Waals surface area contributed by atoms with Crippen LogP contribution in [0, 0.1) is 13.8 Å². The molecule has 0 spiro atoms. The maximum atomic E-state index is 10.4. The minimum absolute atomic E-state index is 0.0822. The van der Waals surface area contributed by atoms with Gasteiger partial charge < -0.3 is 15.6 Å². The summed E-state index contributed by atoms with van der Waals surface area (Å²) < 4.78 is 7.72. The van der Waals surface area contributed by atoms with Crippen LogP contribution in [0.25, 0.3) is 11.3 Å². The Kier molecular flexibility index (Phi) is 3.45. The number of aromatic hydroxyl groups is 1. The average molecular weight is 326 g/mol. The van der Waals surface area contributed by atoms with Gasteiger partial charge in [-0.2, -0.15) is 5.10 Å². The second-order valence-electron chi connectivity index (χ2n) is 4.40. The highest BCUT2D eigenvalue weighted by Crippen LogP contribution is 2.45. The Labute approximate surface area is 120 Å². The number of nitrogens with two attached hydrogens (primary N) is 1. The summed E-state index contributed by atoms with van der Waals surface area (Å²) in [5.41, 5.74) is 8.79. The molecular formula is C13H16BrN3O2. The Hall–Kier alpha value is -1.69. The molecule has 1 heterocycles. The molecule has 0 aliphatic heterocycles. The first-order chi connectivity index (χ1) is 8.88. The smallest absolute Gasteiger partial charge is 0.167 e. The van der Waals surface area contributed by atoms with Gasteiger partial charge in [-0.1, -0.05) is 15.9 Å². The van der Waals surface area contributed by atoms with Crippen molar-refractivity contribution in [2.45, 2.75) is 13.8 Å². The van der Waals surface area contributed by atoms with Crippen LogP contribution in [0.15, 0.2) is 10.5 Å². The van der Waals surface area contributed by atoms with Gasteiger partial charge in [-0.15, -0.1) is 0 Å². The molecule has 0 fully saturated rings. The second-order valence-corrected chi connectivity index (χ2v) is 5.19. The van der Waals surface area contributed by atoms with E-state index in [1.165, 1.54) is 7.11 Å². The van der Waals surface area contributed by atoms with E-state index in [2.05, 4.69) is 21.0 Å². The van der Waals surface area contributed by atoms with Gasteiger partial charge in [-0.25, -0.2) is 0 Å². The summed E-state index contributed by atoms with van der Waals surface area (Å²) in [6.07, 6.45) is 0. The van der Waals surface area contributed by atoms with Crippen LogP contribution >= 0.6 is 15.9 Å². The molecule has 1 aromatic heterocycles. The number of hydrogen-bond acceptors (Lipinski definition) is 4. The molecule has 0 atom stereocenters. The van der Waals surface area contributed by atoms with Crippen LogP contribution < -0.4 is 10.5 Å². The lowest BCUT2D eigenvalue weighted by atomic mass is 10.0. The van der Waals surface area contributed by atoms with Gasteiger partial charge in [0.1, 0.15) is 5.82 Å². The molecule has 102 valence electrons. The zero-order chi connectivity index (χ0) is 14.3. The van der Waals surface area contributed by atoms with Gasteiger partial charge in [0.05, 0.1) is 18.4 Å². The van der Waals surface area contributed by atoms with Gasteiger partial charge in [0.2, 0.25) is 0 Å². The fourth-order valence-electron chi connectivity index (χ4n) is 2.13. The fourth-order valence-corrected chi connectivity index (χ4v) is 2.50. The number of aryl methyl sites for hydroxylation is 1. The third-order valence-electron chi connectivity index (χ3n) is 3.20. The summed E-state index contributed by atoms with van der Waals surface area (Å²) in [6, 6.07) is 1.73. The van der Waals surface area contributed by atoms with Crippen LogP contribution in [-0.4, -0.2) is 22.0 Å². The number of rotatable bonds is 2. The maximum absolute atomic E-state index is 10.4. The first-order valence-corrected chi connectivity index (χ1v) is 6.53. The Balaban J connectivity index is 2.80. The van der Waals surface area contributed by atoms with Crippen molar-refractivity contribution in [3.8, 4) is 22.8 Å². The number of phenolic OH excluding ortho intramolecular Hbond substituents is 1. The summed E-state index contributed by atoms with van der Waals surface area (Å²) in [7, 11) is 3.28. The number of nitrogen functional groups attached to an aromatic ring is 1. The van der Waals surface area contributed by atoms with Crippen molar-refractivity contribution in [1.29, 1.82) is 0 Å². The normalized spacial score (nSPS) is 10.8. The van der Waals surface area contributed by atoms with Crippen LogP contribution in [0.2, 0.25) is 0 Å². The Morgan fingerprint density at radius 1 is 1.37 bits per heavy atom. The van der Waals surface area contributed by atoms with Crippen LogP contribution in [0.5, 0.6) is 11.5 Å². The summed E-state index contributed by atoms with van der Waals surface area (Å²) in [4.78, 5) is 0. The zero-order valence-electron chi connectivity index (χ0n) is 11.3. The van der Waals surface area contributed by atoms with Crippen molar-refractivity contribution in [2.24, 2.45) is 7.05 Å². The van der Waals surface area contributed by atoms with E-state index in [0.29, 0.717) is 22.8 Å². The van der Waals surface area contributed by atoms with E-state index < -0.39 is 0 Å². The van der Waals surface area contributed by atoms with E-state index in [0.717, 1.165) is 15.6 Å². The first-order valence-electron chi connectivity index (χ1n) is 5.74. The van der Waals surface area contributed by atoms with E-state index in [-0.39, 0.29) is 5.75 Å². The van der Waals surface area contributed by atoms with Crippen LogP contribution in [0.1, 0.15) is 11.1 Å². The Morgan fingerprint density at radius 2 is 2.00 bits per heavy atom. The van der Waals surface area contributed by atoms with Crippen LogP contribution in [0.4, 0.5) is 5.82 Å². The monoisotopic (exact) mass is 325 g/mol. The topological polar surface area (TPSA) is 73.3 Å². The molecule has 2 aromatic rings. The molecule has 0 saturated heterocycles. The van der Waals surface area contributed by atoms with Crippen molar-refractivity contribution in [1.82, 2.24) is 9.78 Å².